The average Bonchev–Trinajstić information content (AvgIpc) is 3.15. The number of hydrogen-bond donors (Lipinski definition) is 2. The molecular formula is C27H32ClNO6S. The molecule has 0 aromatic heterocycles. The van der Waals surface area contributed by atoms with Gasteiger partial charge < -0.3 is 14.6 Å². The van der Waals surface area contributed by atoms with Gasteiger partial charge in [-0.1, -0.05) is 18.5 Å². The van der Waals surface area contributed by atoms with Crippen molar-refractivity contribution in [1.29, 1.82) is 0 Å². The van der Waals surface area contributed by atoms with Gasteiger partial charge in [0.1, 0.15) is 6.10 Å². The quantitative estimate of drug-likeness (QED) is 0.512. The van der Waals surface area contributed by atoms with Crippen LogP contribution in [0.25, 0.3) is 0 Å². The Hall–Kier alpha value is -2.29. The minimum absolute atomic E-state index is 0.0128. The molecule has 5 atom stereocenters. The van der Waals surface area contributed by atoms with Crippen LogP contribution in [0.1, 0.15) is 73.4 Å². The standard InChI is InChI=1S/C27H32ClNO6S/c1-3-34-24-14-19-15(12-23(24)30)4-6-18-17(19)10-11-27(2)21(18)7-9-25(27)35-26(31)20-13-16(36(29,32)33)5-8-22(20)28/h5,8,12-14,17-18,21,25,30H,3-4,6-7,9-11H2,1-2H3,(H2,29,32,33)/t17?,18?,21?,25-,27-/m0/s1. The van der Waals surface area contributed by atoms with E-state index in [1.54, 1.807) is 0 Å². The minimum Gasteiger partial charge on any atom is -0.504 e. The average molecular weight is 534 g/mol. The Balaban J connectivity index is 1.38. The van der Waals surface area contributed by atoms with Crippen LogP contribution in [0.15, 0.2) is 35.2 Å². The number of nitrogens with two attached hydrogens (primary N) is 1. The number of sulfonamides is 1. The number of halogens is 1. The van der Waals surface area contributed by atoms with Crippen molar-refractivity contribution in [2.45, 2.75) is 69.3 Å². The number of esters is 1. The van der Waals surface area contributed by atoms with E-state index in [9.17, 15) is 18.3 Å². The Labute approximate surface area is 217 Å². The smallest absolute Gasteiger partial charge is 0.339 e. The predicted molar refractivity (Wildman–Crippen MR) is 136 cm³/mol. The number of aromatic hydroxyl groups is 1. The highest BCUT2D eigenvalue weighted by atomic mass is 35.5. The molecule has 9 heteroatoms. The van der Waals surface area contributed by atoms with Gasteiger partial charge in [0.15, 0.2) is 11.5 Å². The van der Waals surface area contributed by atoms with Crippen LogP contribution in [0.2, 0.25) is 5.02 Å². The zero-order chi connectivity index (χ0) is 25.8. The molecule has 194 valence electrons. The van der Waals surface area contributed by atoms with E-state index >= 15 is 0 Å². The maximum Gasteiger partial charge on any atom is 0.339 e. The second kappa shape index (κ2) is 9.23. The largest absolute Gasteiger partial charge is 0.504 e. The minimum atomic E-state index is -3.97. The number of benzene rings is 2. The normalized spacial score (nSPS) is 29.1. The summed E-state index contributed by atoms with van der Waals surface area (Å²) in [5.74, 6) is 1.38. The van der Waals surface area contributed by atoms with Gasteiger partial charge >= 0.3 is 5.97 Å². The Morgan fingerprint density at radius 3 is 2.69 bits per heavy atom. The Bertz CT molecular complexity index is 1310. The fraction of sp³-hybridized carbons (Fsp3) is 0.519. The molecule has 0 aliphatic heterocycles. The summed E-state index contributed by atoms with van der Waals surface area (Å²) in [5.41, 5.74) is 2.32. The van der Waals surface area contributed by atoms with Gasteiger partial charge in [0, 0.05) is 5.41 Å². The van der Waals surface area contributed by atoms with Crippen molar-refractivity contribution >= 4 is 27.6 Å². The molecule has 36 heavy (non-hydrogen) atoms. The number of carbonyl (C=O) groups excluding carboxylic acids is 1. The van der Waals surface area contributed by atoms with E-state index in [4.69, 9.17) is 26.2 Å². The van der Waals surface area contributed by atoms with Crippen LogP contribution in [-0.4, -0.2) is 32.2 Å². The molecule has 0 saturated heterocycles. The maximum atomic E-state index is 13.1. The van der Waals surface area contributed by atoms with Crippen molar-refractivity contribution in [2.24, 2.45) is 22.4 Å². The Kier molecular flexibility index (Phi) is 6.50. The van der Waals surface area contributed by atoms with E-state index in [0.29, 0.717) is 30.1 Å². The van der Waals surface area contributed by atoms with Crippen LogP contribution in [-0.2, 0) is 21.2 Å². The van der Waals surface area contributed by atoms with E-state index in [-0.39, 0.29) is 32.8 Å². The summed E-state index contributed by atoms with van der Waals surface area (Å²) in [6.45, 7) is 4.63. The SMILES string of the molecule is CCOc1cc2c(cc1O)CCC1C2CC[C@@]2(C)C1CC[C@@H]2OC(=O)c1cc(S(N)(=O)=O)ccc1Cl. The van der Waals surface area contributed by atoms with Crippen LogP contribution in [0.5, 0.6) is 11.5 Å². The fourth-order valence-electron chi connectivity index (χ4n) is 7.03. The highest BCUT2D eigenvalue weighted by Crippen LogP contribution is 2.62. The van der Waals surface area contributed by atoms with Crippen LogP contribution >= 0.6 is 11.6 Å². The van der Waals surface area contributed by atoms with Gasteiger partial charge in [0.05, 0.1) is 22.1 Å². The van der Waals surface area contributed by atoms with Crippen LogP contribution < -0.4 is 9.88 Å². The monoisotopic (exact) mass is 533 g/mol. The highest BCUT2D eigenvalue weighted by Gasteiger charge is 2.56. The summed E-state index contributed by atoms with van der Waals surface area (Å²) in [6, 6.07) is 7.72. The van der Waals surface area contributed by atoms with E-state index < -0.39 is 16.0 Å². The Morgan fingerprint density at radius 2 is 1.97 bits per heavy atom. The summed E-state index contributed by atoms with van der Waals surface area (Å²) < 4.78 is 35.2. The molecule has 3 N–H and O–H groups in total. The Morgan fingerprint density at radius 1 is 1.19 bits per heavy atom. The van der Waals surface area contributed by atoms with Crippen molar-refractivity contribution < 1.29 is 27.8 Å². The van der Waals surface area contributed by atoms with Crippen molar-refractivity contribution in [3.63, 3.8) is 0 Å². The third-order valence-corrected chi connectivity index (χ3v) is 9.99. The van der Waals surface area contributed by atoms with Gasteiger partial charge in [-0.3, -0.25) is 0 Å². The van der Waals surface area contributed by atoms with E-state index in [1.807, 2.05) is 19.1 Å². The summed E-state index contributed by atoms with van der Waals surface area (Å²) in [4.78, 5) is 12.9. The van der Waals surface area contributed by atoms with Crippen molar-refractivity contribution in [3.8, 4) is 11.5 Å². The van der Waals surface area contributed by atoms with Crippen LogP contribution in [0, 0.1) is 17.3 Å². The number of primary sulfonamides is 1. The molecule has 0 radical (unpaired) electrons. The number of phenols is 1. The maximum absolute atomic E-state index is 13.1. The van der Waals surface area contributed by atoms with Gasteiger partial charge in [-0.05, 0) is 105 Å². The first-order valence-corrected chi connectivity index (χ1v) is 14.5. The molecular weight excluding hydrogens is 502 g/mol. The molecule has 3 unspecified atom stereocenters. The number of carbonyl (C=O) groups is 1. The number of phenolic OH excluding ortho intramolecular Hbond substituents is 1. The first kappa shape index (κ1) is 25.4. The molecule has 3 aliphatic carbocycles. The summed E-state index contributed by atoms with van der Waals surface area (Å²) in [5, 5.41) is 15.7. The first-order valence-electron chi connectivity index (χ1n) is 12.5. The zero-order valence-electron chi connectivity index (χ0n) is 20.5. The summed E-state index contributed by atoms with van der Waals surface area (Å²) in [6.07, 6.45) is 5.27. The van der Waals surface area contributed by atoms with Gasteiger partial charge in [-0.15, -0.1) is 0 Å². The molecule has 0 heterocycles. The fourth-order valence-corrected chi connectivity index (χ4v) is 7.77. The predicted octanol–water partition coefficient (Wildman–Crippen LogP) is 5.17. The molecule has 2 aromatic rings. The van der Waals surface area contributed by atoms with E-state index in [2.05, 4.69) is 6.92 Å². The van der Waals surface area contributed by atoms with Crippen LogP contribution in [0.3, 0.4) is 0 Å². The second-order valence-corrected chi connectivity index (χ2v) is 12.5. The highest BCUT2D eigenvalue weighted by molar-refractivity contribution is 7.89. The van der Waals surface area contributed by atoms with Gasteiger partial charge in [0.2, 0.25) is 10.0 Å². The lowest BCUT2D eigenvalue weighted by atomic mass is 9.55. The van der Waals surface area contributed by atoms with Crippen molar-refractivity contribution in [1.82, 2.24) is 0 Å². The second-order valence-electron chi connectivity index (χ2n) is 10.6. The molecule has 7 nitrogen and oxygen atoms in total. The van der Waals surface area contributed by atoms with Gasteiger partial charge in [0.25, 0.3) is 0 Å². The molecule has 0 amide bonds. The number of hydrogen-bond acceptors (Lipinski definition) is 6. The molecule has 2 aromatic carbocycles. The molecule has 0 bridgehead atoms. The number of rotatable bonds is 5. The molecule has 3 aliphatic rings. The number of ether oxygens (including phenoxy) is 2. The third-order valence-electron chi connectivity index (χ3n) is 8.75. The molecule has 2 fully saturated rings. The third kappa shape index (κ3) is 4.27. The van der Waals surface area contributed by atoms with Gasteiger partial charge in [-0.25, -0.2) is 18.4 Å². The molecule has 0 spiro atoms. The molecule has 5 rings (SSSR count). The number of fused-ring (bicyclic) bond motifs is 5. The lowest BCUT2D eigenvalue weighted by molar-refractivity contribution is -0.0428. The summed E-state index contributed by atoms with van der Waals surface area (Å²) in [7, 11) is -3.97. The van der Waals surface area contributed by atoms with Crippen molar-refractivity contribution in [3.05, 3.63) is 52.0 Å². The lowest BCUT2D eigenvalue weighted by Gasteiger charge is -2.50. The topological polar surface area (TPSA) is 116 Å². The van der Waals surface area contributed by atoms with E-state index in [1.165, 1.54) is 29.3 Å². The molecule has 2 saturated carbocycles. The van der Waals surface area contributed by atoms with Crippen molar-refractivity contribution in [2.75, 3.05) is 6.61 Å². The first-order chi connectivity index (χ1) is 17.0. The van der Waals surface area contributed by atoms with E-state index in [0.717, 1.165) is 38.5 Å². The lowest BCUT2D eigenvalue weighted by Crippen LogP contribution is -2.45. The summed E-state index contributed by atoms with van der Waals surface area (Å²) >= 11 is 6.22. The van der Waals surface area contributed by atoms with Gasteiger partial charge in [-0.2, -0.15) is 0 Å². The number of aryl methyl sites for hydroxylation is 1. The van der Waals surface area contributed by atoms with Crippen LogP contribution in [0.4, 0.5) is 0 Å². The zero-order valence-corrected chi connectivity index (χ0v) is 22.1.